The molecule has 0 aliphatic heterocycles. The number of anilines is 1. The van der Waals surface area contributed by atoms with E-state index < -0.39 is 0 Å². The lowest BCUT2D eigenvalue weighted by Gasteiger charge is -2.25. The molecule has 0 aliphatic carbocycles. The fraction of sp³-hybridized carbons (Fsp3) is 0.500. The van der Waals surface area contributed by atoms with Crippen molar-refractivity contribution in [3.8, 4) is 0 Å². The largest absolute Gasteiger partial charge is 0.387 e. The minimum Gasteiger partial charge on any atom is -0.387 e. The first-order valence-electron chi connectivity index (χ1n) is 6.29. The van der Waals surface area contributed by atoms with E-state index in [1.807, 2.05) is 31.4 Å². The van der Waals surface area contributed by atoms with E-state index in [0.29, 0.717) is 6.54 Å². The molecule has 0 saturated carbocycles. The van der Waals surface area contributed by atoms with E-state index in [0.717, 1.165) is 23.8 Å². The van der Waals surface area contributed by atoms with Crippen LogP contribution in [0.1, 0.15) is 19.7 Å². The highest BCUT2D eigenvalue weighted by molar-refractivity contribution is 5.80. The number of nitrogens with one attached hydrogen (secondary N) is 1. The molecular formula is C12H19N7. The van der Waals surface area contributed by atoms with Crippen molar-refractivity contribution in [3.63, 3.8) is 0 Å². The molecule has 0 aliphatic rings. The van der Waals surface area contributed by atoms with Gasteiger partial charge in [0, 0.05) is 31.4 Å². The summed E-state index contributed by atoms with van der Waals surface area (Å²) in [6.45, 7) is 7.29. The Bertz CT molecular complexity index is 589. The summed E-state index contributed by atoms with van der Waals surface area (Å²) in [5.41, 5.74) is 6.27. The Morgan fingerprint density at radius 2 is 2.26 bits per heavy atom. The minimum atomic E-state index is -0.0222. The van der Waals surface area contributed by atoms with Crippen LogP contribution < -0.4 is 10.6 Å². The second-order valence-corrected chi connectivity index (χ2v) is 4.59. The molecule has 0 radical (unpaired) electrons. The fourth-order valence-electron chi connectivity index (χ4n) is 1.95. The van der Waals surface area contributed by atoms with Crippen LogP contribution in [0.5, 0.6) is 0 Å². The first kappa shape index (κ1) is 13.3. The lowest BCUT2D eigenvalue weighted by Crippen LogP contribution is -2.35. The van der Waals surface area contributed by atoms with E-state index in [9.17, 15) is 0 Å². The van der Waals surface area contributed by atoms with Crippen molar-refractivity contribution in [1.82, 2.24) is 19.6 Å². The fourth-order valence-corrected chi connectivity index (χ4v) is 1.95. The quantitative estimate of drug-likeness (QED) is 0.614. The lowest BCUT2D eigenvalue weighted by atomic mass is 10.1. The highest BCUT2D eigenvalue weighted by atomic mass is 15.3. The summed E-state index contributed by atoms with van der Waals surface area (Å²) in [7, 11) is 0. The zero-order valence-electron chi connectivity index (χ0n) is 11.5. The van der Waals surface area contributed by atoms with Crippen LogP contribution in [-0.4, -0.2) is 38.5 Å². The molecule has 2 aromatic rings. The Labute approximate surface area is 112 Å². The number of hydrogen-bond donors (Lipinski definition) is 2. The molecule has 2 rings (SSSR count). The van der Waals surface area contributed by atoms with Gasteiger partial charge < -0.3 is 10.6 Å². The third-order valence-corrected chi connectivity index (χ3v) is 3.19. The lowest BCUT2D eigenvalue weighted by molar-refractivity contribution is 0.690. The predicted molar refractivity (Wildman–Crippen MR) is 74.5 cm³/mol. The highest BCUT2D eigenvalue weighted by Crippen LogP contribution is 2.18. The molecule has 102 valence electrons. The molecule has 2 aromatic heterocycles. The van der Waals surface area contributed by atoms with Gasteiger partial charge in [-0.3, -0.25) is 9.81 Å². The van der Waals surface area contributed by atoms with Crippen molar-refractivity contribution in [2.75, 3.05) is 18.0 Å². The Morgan fingerprint density at radius 1 is 1.53 bits per heavy atom. The third kappa shape index (κ3) is 2.49. The van der Waals surface area contributed by atoms with E-state index in [2.05, 4.69) is 20.1 Å². The van der Waals surface area contributed by atoms with Gasteiger partial charge in [-0.2, -0.15) is 0 Å². The minimum absolute atomic E-state index is 0.0222. The zero-order valence-corrected chi connectivity index (χ0v) is 11.5. The van der Waals surface area contributed by atoms with Crippen LogP contribution >= 0.6 is 0 Å². The number of nitrogens with two attached hydrogens (primary N) is 1. The number of fused-ring (bicyclic) bond motifs is 1. The normalized spacial score (nSPS) is 12.6. The van der Waals surface area contributed by atoms with Gasteiger partial charge in [0.05, 0.1) is 5.84 Å². The molecule has 0 amide bonds. The molecule has 3 N–H and O–H groups in total. The van der Waals surface area contributed by atoms with Gasteiger partial charge in [-0.1, -0.05) is 6.92 Å². The van der Waals surface area contributed by atoms with Crippen molar-refractivity contribution in [3.05, 3.63) is 18.2 Å². The predicted octanol–water partition coefficient (Wildman–Crippen LogP) is 0.831. The molecule has 7 heteroatoms. The SMILES string of the molecule is CCN(CC(C)C(=N)N)c1nccn2c(C)nnc12. The Morgan fingerprint density at radius 3 is 2.89 bits per heavy atom. The van der Waals surface area contributed by atoms with Crippen molar-refractivity contribution in [2.45, 2.75) is 20.8 Å². The summed E-state index contributed by atoms with van der Waals surface area (Å²) in [6, 6.07) is 0. The highest BCUT2D eigenvalue weighted by Gasteiger charge is 2.17. The van der Waals surface area contributed by atoms with E-state index >= 15 is 0 Å². The summed E-state index contributed by atoms with van der Waals surface area (Å²) in [5, 5.41) is 15.7. The molecule has 0 spiro atoms. The molecule has 0 fully saturated rings. The molecule has 1 atom stereocenters. The van der Waals surface area contributed by atoms with Gasteiger partial charge in [0.25, 0.3) is 0 Å². The molecule has 19 heavy (non-hydrogen) atoms. The van der Waals surface area contributed by atoms with E-state index in [-0.39, 0.29) is 11.8 Å². The summed E-state index contributed by atoms with van der Waals surface area (Å²) >= 11 is 0. The third-order valence-electron chi connectivity index (χ3n) is 3.19. The van der Waals surface area contributed by atoms with E-state index in [1.54, 1.807) is 6.20 Å². The van der Waals surface area contributed by atoms with Crippen LogP contribution in [0.3, 0.4) is 0 Å². The second kappa shape index (κ2) is 5.21. The van der Waals surface area contributed by atoms with Crippen LogP contribution in [0.15, 0.2) is 12.4 Å². The number of aryl methyl sites for hydroxylation is 1. The molecule has 7 nitrogen and oxygen atoms in total. The first-order valence-corrected chi connectivity index (χ1v) is 6.29. The maximum absolute atomic E-state index is 7.50. The Hall–Kier alpha value is -2.18. The molecular weight excluding hydrogens is 242 g/mol. The second-order valence-electron chi connectivity index (χ2n) is 4.59. The zero-order chi connectivity index (χ0) is 14.0. The van der Waals surface area contributed by atoms with Crippen LogP contribution in [0.2, 0.25) is 0 Å². The maximum Gasteiger partial charge on any atom is 0.203 e. The van der Waals surface area contributed by atoms with Gasteiger partial charge in [-0.05, 0) is 13.8 Å². The molecule has 1 unspecified atom stereocenters. The molecule has 0 saturated heterocycles. The number of rotatable bonds is 5. The van der Waals surface area contributed by atoms with Crippen molar-refractivity contribution >= 4 is 17.3 Å². The summed E-state index contributed by atoms with van der Waals surface area (Å²) in [5.74, 6) is 1.77. The topological polar surface area (TPSA) is 96.2 Å². The Balaban J connectivity index is 2.38. The molecule has 0 bridgehead atoms. The van der Waals surface area contributed by atoms with Gasteiger partial charge >= 0.3 is 0 Å². The van der Waals surface area contributed by atoms with Crippen LogP contribution in [0, 0.1) is 18.3 Å². The number of nitrogens with zero attached hydrogens (tertiary/aromatic N) is 5. The summed E-state index contributed by atoms with van der Waals surface area (Å²) in [6.07, 6.45) is 3.58. The van der Waals surface area contributed by atoms with Crippen molar-refractivity contribution in [2.24, 2.45) is 11.7 Å². The molecule has 0 aromatic carbocycles. The average Bonchev–Trinajstić information content (AvgIpc) is 2.77. The van der Waals surface area contributed by atoms with Crippen molar-refractivity contribution in [1.29, 1.82) is 5.41 Å². The standard InChI is InChI=1S/C12H19N7/c1-4-18(7-8(2)10(13)14)11-12-17-16-9(3)19(12)6-5-15-11/h5-6,8H,4,7H2,1-3H3,(H3,13,14). The van der Waals surface area contributed by atoms with E-state index in [4.69, 9.17) is 11.1 Å². The van der Waals surface area contributed by atoms with Gasteiger partial charge in [0.2, 0.25) is 5.65 Å². The van der Waals surface area contributed by atoms with Crippen LogP contribution in [0.4, 0.5) is 5.82 Å². The van der Waals surface area contributed by atoms with Gasteiger partial charge in [-0.15, -0.1) is 10.2 Å². The van der Waals surface area contributed by atoms with Crippen molar-refractivity contribution < 1.29 is 0 Å². The number of hydrogen-bond acceptors (Lipinski definition) is 5. The maximum atomic E-state index is 7.50. The molecule has 2 heterocycles. The smallest absolute Gasteiger partial charge is 0.203 e. The van der Waals surface area contributed by atoms with Crippen LogP contribution in [-0.2, 0) is 0 Å². The summed E-state index contributed by atoms with van der Waals surface area (Å²) in [4.78, 5) is 6.46. The Kier molecular flexibility index (Phi) is 3.64. The van der Waals surface area contributed by atoms with Crippen LogP contribution in [0.25, 0.3) is 5.65 Å². The summed E-state index contributed by atoms with van der Waals surface area (Å²) < 4.78 is 1.91. The average molecular weight is 261 g/mol. The van der Waals surface area contributed by atoms with Gasteiger partial charge in [-0.25, -0.2) is 4.98 Å². The van der Waals surface area contributed by atoms with E-state index in [1.165, 1.54) is 0 Å². The monoisotopic (exact) mass is 261 g/mol. The van der Waals surface area contributed by atoms with Gasteiger partial charge in [0.15, 0.2) is 5.82 Å². The number of aromatic nitrogens is 4. The first-order chi connectivity index (χ1) is 9.04. The van der Waals surface area contributed by atoms with Gasteiger partial charge in [0.1, 0.15) is 5.82 Å². The number of amidine groups is 1.